The van der Waals surface area contributed by atoms with Crippen molar-refractivity contribution >= 4 is 15.3 Å². The molecule has 0 unspecified atom stereocenters. The Morgan fingerprint density at radius 2 is 1.38 bits per heavy atom. The summed E-state index contributed by atoms with van der Waals surface area (Å²) in [6.07, 6.45) is 3.48. The van der Waals surface area contributed by atoms with Gasteiger partial charge in [-0.2, -0.15) is 0 Å². The van der Waals surface area contributed by atoms with Gasteiger partial charge >= 0.3 is 138 Å². The molecule has 0 atom stereocenters. The third-order valence-electron chi connectivity index (χ3n) is 2.75. The van der Waals surface area contributed by atoms with E-state index >= 15 is 0 Å². The van der Waals surface area contributed by atoms with Crippen molar-refractivity contribution < 1.29 is 37.0 Å². The van der Waals surface area contributed by atoms with Crippen molar-refractivity contribution in [2.24, 2.45) is 0 Å². The standard InChI is InChI=1S/C5H5F2Ge.3C3H7O.Zr/c6-8(7)5-3-1-2-4-5;3*1-3(2)4;/h1,3,8H,2H2;3*3H,1-2H3;/q;3*-1;+3. The maximum atomic E-state index is 13.5. The molecule has 1 aliphatic rings. The van der Waals surface area contributed by atoms with E-state index in [-0.39, 0.29) is 22.7 Å². The van der Waals surface area contributed by atoms with Crippen LogP contribution in [0.3, 0.4) is 0 Å². The Morgan fingerprint density at radius 1 is 0.952 bits per heavy atom. The summed E-state index contributed by atoms with van der Waals surface area (Å²) in [5, 5.41) is 0. The molecule has 0 aliphatic heterocycles. The van der Waals surface area contributed by atoms with Gasteiger partial charge in [-0.15, -0.1) is 0 Å². The molecule has 7 heteroatoms. The Labute approximate surface area is 138 Å². The van der Waals surface area contributed by atoms with Crippen molar-refractivity contribution in [3.05, 3.63) is 19.8 Å². The molecule has 0 N–H and O–H groups in total. The van der Waals surface area contributed by atoms with Gasteiger partial charge in [0.2, 0.25) is 0 Å². The topological polar surface area (TPSA) is 27.7 Å². The molecule has 3 nitrogen and oxygen atoms in total. The van der Waals surface area contributed by atoms with E-state index in [1.807, 2.05) is 41.5 Å². The third-order valence-corrected chi connectivity index (χ3v) is 15.1. The Bertz CT molecular complexity index is 382. The molecule has 0 saturated heterocycles. The first kappa shape index (κ1) is 19.7. The van der Waals surface area contributed by atoms with Gasteiger partial charge in [-0.05, 0) is 0 Å². The van der Waals surface area contributed by atoms with E-state index in [9.17, 15) is 7.00 Å². The van der Waals surface area contributed by atoms with Crippen LogP contribution in [0.5, 0.6) is 0 Å². The summed E-state index contributed by atoms with van der Waals surface area (Å²) < 4.78 is 46.1. The zero-order valence-electron chi connectivity index (χ0n) is 13.7. The van der Waals surface area contributed by atoms with Crippen LogP contribution in [0.15, 0.2) is 19.8 Å². The van der Waals surface area contributed by atoms with Crippen molar-refractivity contribution in [1.82, 2.24) is 0 Å². The van der Waals surface area contributed by atoms with Crippen LogP contribution >= 0.6 is 0 Å². The normalized spacial score (nSPS) is 16.4. The Kier molecular flexibility index (Phi) is 7.96. The summed E-state index contributed by atoms with van der Waals surface area (Å²) in [5.74, 6) is 0. The van der Waals surface area contributed by atoms with Gasteiger partial charge in [0.15, 0.2) is 0 Å². The SMILES string of the molecule is CC(C)[O][Zr]([O]C(C)C)([O]C(C)C)[C]1=[C]([GeH]([F])[F])C=CC1. The molecule has 1 aliphatic carbocycles. The van der Waals surface area contributed by atoms with Crippen LogP contribution in [-0.4, -0.2) is 33.6 Å². The monoisotopic (exact) mass is 444 g/mol. The fourth-order valence-electron chi connectivity index (χ4n) is 2.26. The molecule has 0 aromatic carbocycles. The van der Waals surface area contributed by atoms with Gasteiger partial charge in [-0.25, -0.2) is 0 Å². The second-order valence-corrected chi connectivity index (χ2v) is 14.4. The quantitative estimate of drug-likeness (QED) is 0.529. The first-order valence-electron chi connectivity index (χ1n) is 7.39. The third kappa shape index (κ3) is 5.65. The summed E-state index contributed by atoms with van der Waals surface area (Å²) in [6.45, 7) is 11.4. The van der Waals surface area contributed by atoms with Gasteiger partial charge in [0, 0.05) is 0 Å². The van der Waals surface area contributed by atoms with Crippen LogP contribution in [0.4, 0.5) is 7.00 Å². The van der Waals surface area contributed by atoms with E-state index in [0.29, 0.717) is 9.70 Å². The predicted molar refractivity (Wildman–Crippen MR) is 78.8 cm³/mol. The number of hydrogen-bond acceptors (Lipinski definition) is 3. The summed E-state index contributed by atoms with van der Waals surface area (Å²) in [5.41, 5.74) is 0. The average Bonchev–Trinajstić information content (AvgIpc) is 2.74. The number of halogens is 2. The van der Waals surface area contributed by atoms with Crippen LogP contribution in [-0.2, 0) is 30.0 Å². The van der Waals surface area contributed by atoms with Crippen molar-refractivity contribution in [3.63, 3.8) is 0 Å². The van der Waals surface area contributed by atoms with Crippen molar-refractivity contribution in [2.75, 3.05) is 0 Å². The molecule has 122 valence electrons. The van der Waals surface area contributed by atoms with Crippen LogP contribution in [0.25, 0.3) is 0 Å². The van der Waals surface area contributed by atoms with Gasteiger partial charge in [0.05, 0.1) is 0 Å². The van der Waals surface area contributed by atoms with Crippen LogP contribution in [0.1, 0.15) is 48.0 Å². The molecule has 0 aromatic heterocycles. The maximum absolute atomic E-state index is 13.5. The zero-order chi connectivity index (χ0) is 16.2. The summed E-state index contributed by atoms with van der Waals surface area (Å²) >= 11 is -8.60. The van der Waals surface area contributed by atoms with E-state index in [2.05, 4.69) is 0 Å². The minimum atomic E-state index is -4.39. The molecule has 0 radical (unpaired) electrons. The molecule has 0 spiro atoms. The number of hydrogen-bond donors (Lipinski definition) is 0. The number of allylic oxidation sites excluding steroid dienone is 4. The predicted octanol–water partition coefficient (Wildman–Crippen LogP) is 4.07. The fourth-order valence-corrected chi connectivity index (χ4v) is 15.2. The first-order valence-corrected chi connectivity index (χ1v) is 14.7. The van der Waals surface area contributed by atoms with E-state index in [1.54, 1.807) is 12.2 Å². The zero-order valence-corrected chi connectivity index (χ0v) is 18.5. The second-order valence-electron chi connectivity index (χ2n) is 5.90. The Hall–Kier alpha value is 0.646. The van der Waals surface area contributed by atoms with Gasteiger partial charge in [0.1, 0.15) is 0 Å². The van der Waals surface area contributed by atoms with E-state index in [1.165, 1.54) is 0 Å². The fraction of sp³-hybridized carbons (Fsp3) is 0.714. The number of rotatable bonds is 8. The van der Waals surface area contributed by atoms with Crippen molar-refractivity contribution in [1.29, 1.82) is 0 Å². The molecule has 0 saturated carbocycles. The molecule has 1 rings (SSSR count). The Morgan fingerprint density at radius 3 is 1.71 bits per heavy atom. The van der Waals surface area contributed by atoms with Crippen LogP contribution in [0.2, 0.25) is 0 Å². The Balaban J connectivity index is 3.29. The molecule has 0 aromatic rings. The molecule has 0 fully saturated rings. The van der Waals surface area contributed by atoms with Gasteiger partial charge < -0.3 is 0 Å². The summed E-state index contributed by atoms with van der Waals surface area (Å²) in [7, 11) is 0. The van der Waals surface area contributed by atoms with E-state index in [0.717, 1.165) is 0 Å². The molecular formula is C14H26F2GeO3Zr. The molecule has 0 heterocycles. The molecule has 0 bridgehead atoms. The minimum absolute atomic E-state index is 0.113. The summed E-state index contributed by atoms with van der Waals surface area (Å²) in [6, 6.07) is 0. The van der Waals surface area contributed by atoms with Crippen molar-refractivity contribution in [2.45, 2.75) is 66.3 Å². The van der Waals surface area contributed by atoms with Gasteiger partial charge in [-0.3, -0.25) is 0 Å². The van der Waals surface area contributed by atoms with Crippen LogP contribution < -0.4 is 0 Å². The van der Waals surface area contributed by atoms with E-state index in [4.69, 9.17) is 8.44 Å². The van der Waals surface area contributed by atoms with Gasteiger partial charge in [-0.1, -0.05) is 0 Å². The van der Waals surface area contributed by atoms with Crippen molar-refractivity contribution in [3.8, 4) is 0 Å². The molecule has 0 amide bonds. The molecular weight excluding hydrogens is 418 g/mol. The van der Waals surface area contributed by atoms with Crippen LogP contribution in [0, 0.1) is 0 Å². The average molecular weight is 444 g/mol. The summed E-state index contributed by atoms with van der Waals surface area (Å²) in [4.78, 5) is 0. The second kappa shape index (κ2) is 8.48. The van der Waals surface area contributed by atoms with E-state index < -0.39 is 36.9 Å². The first-order chi connectivity index (χ1) is 9.68. The molecule has 21 heavy (non-hydrogen) atoms. The van der Waals surface area contributed by atoms with Gasteiger partial charge in [0.25, 0.3) is 0 Å².